The molecule has 1 saturated carbocycles. The van der Waals surface area contributed by atoms with Crippen LogP contribution in [-0.2, 0) is 19.0 Å². The first kappa shape index (κ1) is 16.2. The molecule has 144 valence electrons. The van der Waals surface area contributed by atoms with Gasteiger partial charge < -0.3 is 23.7 Å². The third kappa shape index (κ3) is 1.90. The Kier molecular flexibility index (Phi) is 3.08. The molecule has 27 heavy (non-hydrogen) atoms. The van der Waals surface area contributed by atoms with Gasteiger partial charge in [0.25, 0.3) is 0 Å². The van der Waals surface area contributed by atoms with E-state index in [1.54, 1.807) is 7.11 Å². The van der Waals surface area contributed by atoms with Gasteiger partial charge in [-0.2, -0.15) is 0 Å². The summed E-state index contributed by atoms with van der Waals surface area (Å²) in [5.74, 6) is 0.267. The van der Waals surface area contributed by atoms with Crippen LogP contribution in [0.15, 0.2) is 12.1 Å². The van der Waals surface area contributed by atoms with Crippen molar-refractivity contribution in [1.82, 2.24) is 4.90 Å². The van der Waals surface area contributed by atoms with E-state index in [1.165, 1.54) is 6.92 Å². The van der Waals surface area contributed by atoms with E-state index in [-0.39, 0.29) is 30.3 Å². The zero-order chi connectivity index (χ0) is 18.4. The molecule has 1 aromatic carbocycles. The van der Waals surface area contributed by atoms with E-state index in [4.69, 9.17) is 23.7 Å². The maximum absolute atomic E-state index is 12.0. The molecule has 0 aromatic heterocycles. The van der Waals surface area contributed by atoms with E-state index in [9.17, 15) is 4.79 Å². The van der Waals surface area contributed by atoms with Crippen LogP contribution in [0.1, 0.15) is 49.3 Å². The quantitative estimate of drug-likeness (QED) is 0.736. The molecule has 5 atom stereocenters. The minimum absolute atomic E-state index is 0.0131. The number of nitrogens with zero attached hydrogens (tertiary/aromatic N) is 1. The molecule has 6 aliphatic rings. The van der Waals surface area contributed by atoms with Gasteiger partial charge in [0, 0.05) is 38.5 Å². The number of fused-ring (bicyclic) bond motifs is 1. The summed E-state index contributed by atoms with van der Waals surface area (Å²) >= 11 is 0. The fourth-order valence-corrected chi connectivity index (χ4v) is 6.25. The minimum atomic E-state index is -0.925. The molecule has 0 unspecified atom stereocenters. The Morgan fingerprint density at radius 2 is 2.04 bits per heavy atom. The highest BCUT2D eigenvalue weighted by atomic mass is 16.7. The summed E-state index contributed by atoms with van der Waals surface area (Å²) in [6.45, 7) is 3.54. The van der Waals surface area contributed by atoms with Gasteiger partial charge in [0.05, 0.1) is 6.10 Å². The predicted molar refractivity (Wildman–Crippen MR) is 92.6 cm³/mol. The lowest BCUT2D eigenvalue weighted by Gasteiger charge is -2.39. The highest BCUT2D eigenvalue weighted by Crippen LogP contribution is 2.65. The maximum Gasteiger partial charge on any atom is 0.303 e. The van der Waals surface area contributed by atoms with Crippen molar-refractivity contribution in [3.8, 4) is 11.5 Å². The molecule has 7 nitrogen and oxygen atoms in total. The van der Waals surface area contributed by atoms with Crippen LogP contribution < -0.4 is 9.47 Å². The first-order valence-electron chi connectivity index (χ1n) is 9.65. The van der Waals surface area contributed by atoms with E-state index in [0.29, 0.717) is 6.42 Å². The van der Waals surface area contributed by atoms with Crippen LogP contribution in [0.25, 0.3) is 0 Å². The second-order valence-corrected chi connectivity index (χ2v) is 8.29. The predicted octanol–water partition coefficient (Wildman–Crippen LogP) is 2.10. The molecule has 0 radical (unpaired) electrons. The van der Waals surface area contributed by atoms with Crippen LogP contribution in [0, 0.1) is 0 Å². The number of hydrogen-bond donors (Lipinski definition) is 0. The van der Waals surface area contributed by atoms with Crippen molar-refractivity contribution in [2.75, 3.05) is 27.0 Å². The summed E-state index contributed by atoms with van der Waals surface area (Å²) in [5, 5.41) is 0. The molecule has 1 spiro atoms. The lowest BCUT2D eigenvalue weighted by atomic mass is 9.78. The van der Waals surface area contributed by atoms with Crippen molar-refractivity contribution >= 4 is 5.97 Å². The molecule has 0 N–H and O–H groups in total. The van der Waals surface area contributed by atoms with Gasteiger partial charge in [0.15, 0.2) is 17.6 Å². The summed E-state index contributed by atoms with van der Waals surface area (Å²) in [6.07, 6.45) is 2.26. The fraction of sp³-hybridized carbons (Fsp3) is 0.650. The highest BCUT2D eigenvalue weighted by Gasteiger charge is 2.72. The number of methoxy groups -OCH3 is 1. The first-order chi connectivity index (χ1) is 13.1. The smallest absolute Gasteiger partial charge is 0.303 e. The largest absolute Gasteiger partial charge is 0.456 e. The molecule has 0 amide bonds. The maximum atomic E-state index is 12.0. The minimum Gasteiger partial charge on any atom is -0.456 e. The molecule has 1 aromatic rings. The van der Waals surface area contributed by atoms with Crippen LogP contribution in [-0.4, -0.2) is 55.3 Å². The van der Waals surface area contributed by atoms with Gasteiger partial charge in [0.2, 0.25) is 12.6 Å². The van der Waals surface area contributed by atoms with E-state index in [1.807, 2.05) is 6.07 Å². The Balaban J connectivity index is 1.62. The van der Waals surface area contributed by atoms with E-state index in [0.717, 1.165) is 48.6 Å². The van der Waals surface area contributed by atoms with Crippen molar-refractivity contribution in [2.45, 2.75) is 55.6 Å². The molecule has 7 rings (SSSR count). The highest BCUT2D eigenvalue weighted by molar-refractivity contribution is 5.67. The summed E-state index contributed by atoms with van der Waals surface area (Å²) in [4.78, 5) is 14.5. The third-order valence-electron chi connectivity index (χ3n) is 7.16. The second kappa shape index (κ2) is 5.16. The molecule has 4 bridgehead atoms. The average Bonchev–Trinajstić information content (AvgIpc) is 3.25. The summed E-state index contributed by atoms with van der Waals surface area (Å²) in [7, 11) is 1.66. The Labute approximate surface area is 157 Å². The van der Waals surface area contributed by atoms with Crippen molar-refractivity contribution in [1.29, 1.82) is 0 Å². The third-order valence-corrected chi connectivity index (χ3v) is 7.16. The molecule has 1 aliphatic carbocycles. The van der Waals surface area contributed by atoms with Crippen molar-refractivity contribution < 1.29 is 28.5 Å². The summed E-state index contributed by atoms with van der Waals surface area (Å²) in [5.41, 5.74) is 2.13. The SMILES string of the molecule is CO[C@]12C[C@]34CCCN3C[C@H](O1)c1cc3c(cc1[C@@H]4[C@@H]2OC(C)=O)OCO3. The zero-order valence-corrected chi connectivity index (χ0v) is 15.5. The number of esters is 1. The Bertz CT molecular complexity index is 842. The molecule has 2 saturated heterocycles. The standard InChI is InChI=1S/C20H23NO6/c1-11(22)26-18-17-13-7-15-14(24-10-25-15)6-12(13)16-8-21-5-3-4-19(17,21)9-20(18,23-2)27-16/h6-7,16-18H,3-5,8-10H2,1-2H3/t16-,17+,18-,19-,20+/m0/s1. The van der Waals surface area contributed by atoms with E-state index < -0.39 is 11.9 Å². The summed E-state index contributed by atoms with van der Waals surface area (Å²) in [6, 6.07) is 4.13. The van der Waals surface area contributed by atoms with Crippen molar-refractivity contribution in [3.63, 3.8) is 0 Å². The van der Waals surface area contributed by atoms with Crippen LogP contribution in [0.3, 0.4) is 0 Å². The molecule has 3 fully saturated rings. The lowest BCUT2D eigenvalue weighted by molar-refractivity contribution is -0.281. The molecular formula is C20H23NO6. The number of hydrogen-bond acceptors (Lipinski definition) is 7. The van der Waals surface area contributed by atoms with Crippen molar-refractivity contribution in [2.24, 2.45) is 0 Å². The monoisotopic (exact) mass is 373 g/mol. The fourth-order valence-electron chi connectivity index (χ4n) is 6.25. The number of carbonyl (C=O) groups is 1. The number of ether oxygens (including phenoxy) is 5. The lowest BCUT2D eigenvalue weighted by Crippen LogP contribution is -2.49. The first-order valence-corrected chi connectivity index (χ1v) is 9.65. The van der Waals surface area contributed by atoms with Crippen LogP contribution in [0.2, 0.25) is 0 Å². The molecule has 5 aliphatic heterocycles. The van der Waals surface area contributed by atoms with E-state index >= 15 is 0 Å². The normalized spacial score (nSPS) is 40.6. The van der Waals surface area contributed by atoms with Crippen LogP contribution in [0.4, 0.5) is 0 Å². The number of benzene rings is 1. The second-order valence-electron chi connectivity index (χ2n) is 8.29. The molecule has 5 heterocycles. The summed E-state index contributed by atoms with van der Waals surface area (Å²) < 4.78 is 29.8. The van der Waals surface area contributed by atoms with Gasteiger partial charge in [-0.05, 0) is 42.6 Å². The van der Waals surface area contributed by atoms with Crippen molar-refractivity contribution in [3.05, 3.63) is 23.3 Å². The van der Waals surface area contributed by atoms with Gasteiger partial charge in [0.1, 0.15) is 0 Å². The van der Waals surface area contributed by atoms with Gasteiger partial charge in [-0.1, -0.05) is 0 Å². The Morgan fingerprint density at radius 3 is 2.78 bits per heavy atom. The number of carbonyl (C=O) groups excluding carboxylic acids is 1. The number of rotatable bonds is 2. The topological polar surface area (TPSA) is 66.5 Å². The van der Waals surface area contributed by atoms with Gasteiger partial charge in [-0.25, -0.2) is 0 Å². The average molecular weight is 373 g/mol. The van der Waals surface area contributed by atoms with E-state index in [2.05, 4.69) is 11.0 Å². The van der Waals surface area contributed by atoms with Gasteiger partial charge in [-0.15, -0.1) is 0 Å². The van der Waals surface area contributed by atoms with Gasteiger partial charge in [-0.3, -0.25) is 9.69 Å². The van der Waals surface area contributed by atoms with Crippen LogP contribution in [0.5, 0.6) is 11.5 Å². The Morgan fingerprint density at radius 1 is 1.26 bits per heavy atom. The Hall–Kier alpha value is -1.83. The van der Waals surface area contributed by atoms with Gasteiger partial charge >= 0.3 is 5.97 Å². The molecule has 7 heteroatoms. The van der Waals surface area contributed by atoms with Crippen LogP contribution >= 0.6 is 0 Å². The molecular weight excluding hydrogens is 350 g/mol. The zero-order valence-electron chi connectivity index (χ0n) is 15.5.